The minimum atomic E-state index is -0.787. The second kappa shape index (κ2) is 5.56. The third-order valence-electron chi connectivity index (χ3n) is 4.18. The van der Waals surface area contributed by atoms with Gasteiger partial charge in [-0.15, -0.1) is 11.6 Å². The summed E-state index contributed by atoms with van der Waals surface area (Å²) < 4.78 is 26.8. The number of hydrogen-bond acceptors (Lipinski definition) is 0. The van der Waals surface area contributed by atoms with Gasteiger partial charge in [-0.25, -0.2) is 8.78 Å². The first-order valence-electron chi connectivity index (χ1n) is 6.60. The molecule has 1 aliphatic carbocycles. The van der Waals surface area contributed by atoms with Crippen LogP contribution >= 0.6 is 11.6 Å². The van der Waals surface area contributed by atoms with E-state index in [9.17, 15) is 8.78 Å². The van der Waals surface area contributed by atoms with Crippen LogP contribution in [0, 0.1) is 17.0 Å². The second-order valence-electron chi connectivity index (χ2n) is 5.60. The second-order valence-corrected chi connectivity index (χ2v) is 6.13. The lowest BCUT2D eigenvalue weighted by Crippen LogP contribution is -2.32. The van der Waals surface area contributed by atoms with Gasteiger partial charge in [0.05, 0.1) is 0 Å². The first-order valence-corrected chi connectivity index (χ1v) is 7.03. The zero-order valence-electron chi connectivity index (χ0n) is 10.7. The monoisotopic (exact) mass is 272 g/mol. The minimum absolute atomic E-state index is 0.0541. The van der Waals surface area contributed by atoms with Crippen LogP contribution in [0.5, 0.6) is 0 Å². The molecule has 1 aliphatic rings. The highest BCUT2D eigenvalue weighted by Gasteiger charge is 2.34. The van der Waals surface area contributed by atoms with Crippen LogP contribution in [0.2, 0.25) is 0 Å². The fraction of sp³-hybridized carbons (Fsp3) is 0.600. The molecule has 0 radical (unpaired) electrons. The summed E-state index contributed by atoms with van der Waals surface area (Å²) in [7, 11) is 0. The molecule has 1 atom stereocenters. The summed E-state index contributed by atoms with van der Waals surface area (Å²) in [5, 5.41) is -0.130. The Morgan fingerprint density at radius 3 is 2.56 bits per heavy atom. The fourth-order valence-corrected chi connectivity index (χ4v) is 3.20. The van der Waals surface area contributed by atoms with Gasteiger partial charge < -0.3 is 0 Å². The van der Waals surface area contributed by atoms with E-state index in [1.807, 2.05) is 0 Å². The summed E-state index contributed by atoms with van der Waals surface area (Å²) in [5.41, 5.74) is 0.445. The number of rotatable bonds is 3. The average Bonchev–Trinajstić information content (AvgIpc) is 2.36. The van der Waals surface area contributed by atoms with E-state index in [2.05, 4.69) is 6.92 Å². The molecule has 0 amide bonds. The summed E-state index contributed by atoms with van der Waals surface area (Å²) in [6, 6.07) is 4.31. The quantitative estimate of drug-likeness (QED) is 0.673. The van der Waals surface area contributed by atoms with E-state index in [4.69, 9.17) is 11.6 Å². The number of benzene rings is 1. The van der Waals surface area contributed by atoms with Crippen molar-refractivity contribution in [2.24, 2.45) is 5.41 Å². The maximum atomic E-state index is 13.6. The van der Waals surface area contributed by atoms with Crippen LogP contribution in [0.1, 0.15) is 44.6 Å². The molecule has 100 valence electrons. The van der Waals surface area contributed by atoms with Gasteiger partial charge in [0, 0.05) is 5.38 Å². The molecule has 2 rings (SSSR count). The van der Waals surface area contributed by atoms with Crippen LogP contribution in [0.3, 0.4) is 0 Å². The van der Waals surface area contributed by atoms with E-state index in [0.717, 1.165) is 18.9 Å². The standard InChI is InChI=1S/C15H19ClF2/c1-15(8-3-2-4-9-15)13(16)10-11-6-5-7-12(17)14(11)18/h5-7,13H,2-4,8-10H2,1H3. The summed E-state index contributed by atoms with van der Waals surface area (Å²) in [5.74, 6) is -1.53. The first kappa shape index (κ1) is 13.8. The van der Waals surface area contributed by atoms with Crippen LogP contribution in [-0.4, -0.2) is 5.38 Å². The molecule has 1 saturated carbocycles. The predicted molar refractivity (Wildman–Crippen MR) is 70.9 cm³/mol. The Balaban J connectivity index is 2.10. The molecular weight excluding hydrogens is 254 g/mol. The van der Waals surface area contributed by atoms with Gasteiger partial charge in [0.25, 0.3) is 0 Å². The number of hydrogen-bond donors (Lipinski definition) is 0. The van der Waals surface area contributed by atoms with Gasteiger partial charge in [0.2, 0.25) is 0 Å². The molecule has 1 fully saturated rings. The van der Waals surface area contributed by atoms with E-state index in [1.54, 1.807) is 12.1 Å². The van der Waals surface area contributed by atoms with E-state index in [1.165, 1.54) is 19.3 Å². The predicted octanol–water partition coefficient (Wildman–Crippen LogP) is 5.09. The molecule has 1 aromatic rings. The Morgan fingerprint density at radius 1 is 1.22 bits per heavy atom. The Hall–Kier alpha value is -0.630. The van der Waals surface area contributed by atoms with E-state index in [0.29, 0.717) is 12.0 Å². The van der Waals surface area contributed by atoms with Crippen molar-refractivity contribution in [2.45, 2.75) is 50.8 Å². The normalized spacial score (nSPS) is 20.7. The molecule has 0 spiro atoms. The summed E-state index contributed by atoms with van der Waals surface area (Å²) in [6.45, 7) is 2.17. The SMILES string of the molecule is CC1(C(Cl)Cc2cccc(F)c2F)CCCCC1. The maximum Gasteiger partial charge on any atom is 0.162 e. The zero-order valence-corrected chi connectivity index (χ0v) is 11.4. The highest BCUT2D eigenvalue weighted by molar-refractivity contribution is 6.21. The van der Waals surface area contributed by atoms with Gasteiger partial charge in [-0.05, 0) is 36.3 Å². The van der Waals surface area contributed by atoms with Crippen molar-refractivity contribution >= 4 is 11.6 Å². The maximum absolute atomic E-state index is 13.6. The summed E-state index contributed by atoms with van der Waals surface area (Å²) in [6.07, 6.45) is 6.20. The third kappa shape index (κ3) is 2.85. The molecule has 0 aromatic heterocycles. The Kier molecular flexibility index (Phi) is 4.26. The van der Waals surface area contributed by atoms with Crippen molar-refractivity contribution < 1.29 is 8.78 Å². The lowest BCUT2D eigenvalue weighted by atomic mass is 9.72. The molecule has 0 aliphatic heterocycles. The fourth-order valence-electron chi connectivity index (χ4n) is 2.82. The highest BCUT2D eigenvalue weighted by Crippen LogP contribution is 2.42. The smallest absolute Gasteiger partial charge is 0.162 e. The number of halogens is 3. The van der Waals surface area contributed by atoms with E-state index < -0.39 is 11.6 Å². The van der Waals surface area contributed by atoms with Crippen molar-refractivity contribution in [1.29, 1.82) is 0 Å². The van der Waals surface area contributed by atoms with Crippen molar-refractivity contribution in [3.05, 3.63) is 35.4 Å². The third-order valence-corrected chi connectivity index (χ3v) is 4.86. The zero-order chi connectivity index (χ0) is 13.2. The van der Waals surface area contributed by atoms with Crippen LogP contribution in [-0.2, 0) is 6.42 Å². The van der Waals surface area contributed by atoms with Crippen LogP contribution in [0.15, 0.2) is 18.2 Å². The molecule has 3 heteroatoms. The largest absolute Gasteiger partial charge is 0.204 e. The highest BCUT2D eigenvalue weighted by atomic mass is 35.5. The van der Waals surface area contributed by atoms with Crippen LogP contribution in [0.25, 0.3) is 0 Å². The Labute approximate surface area is 112 Å². The van der Waals surface area contributed by atoms with Crippen molar-refractivity contribution in [2.75, 3.05) is 0 Å². The molecule has 1 aromatic carbocycles. The van der Waals surface area contributed by atoms with Crippen molar-refractivity contribution in [3.8, 4) is 0 Å². The number of alkyl halides is 1. The lowest BCUT2D eigenvalue weighted by molar-refractivity contribution is 0.204. The van der Waals surface area contributed by atoms with Gasteiger partial charge in [0.1, 0.15) is 0 Å². The molecule has 1 unspecified atom stereocenters. The topological polar surface area (TPSA) is 0 Å². The molecule has 0 bridgehead atoms. The van der Waals surface area contributed by atoms with E-state index >= 15 is 0 Å². The average molecular weight is 273 g/mol. The molecule has 0 N–H and O–H groups in total. The molecule has 0 saturated heterocycles. The molecular formula is C15H19ClF2. The van der Waals surface area contributed by atoms with Gasteiger partial charge >= 0.3 is 0 Å². The Morgan fingerprint density at radius 2 is 1.89 bits per heavy atom. The van der Waals surface area contributed by atoms with Crippen LogP contribution < -0.4 is 0 Å². The lowest BCUT2D eigenvalue weighted by Gasteiger charge is -2.37. The Bertz CT molecular complexity index is 411. The van der Waals surface area contributed by atoms with Crippen molar-refractivity contribution in [1.82, 2.24) is 0 Å². The molecule has 18 heavy (non-hydrogen) atoms. The first-order chi connectivity index (χ1) is 8.53. The van der Waals surface area contributed by atoms with Gasteiger partial charge in [-0.2, -0.15) is 0 Å². The summed E-state index contributed by atoms with van der Waals surface area (Å²) in [4.78, 5) is 0. The van der Waals surface area contributed by atoms with Gasteiger partial charge in [-0.3, -0.25) is 0 Å². The van der Waals surface area contributed by atoms with E-state index in [-0.39, 0.29) is 10.8 Å². The minimum Gasteiger partial charge on any atom is -0.204 e. The summed E-state index contributed by atoms with van der Waals surface area (Å²) >= 11 is 6.47. The van der Waals surface area contributed by atoms with Crippen LogP contribution in [0.4, 0.5) is 8.78 Å². The van der Waals surface area contributed by atoms with Gasteiger partial charge in [-0.1, -0.05) is 38.3 Å². The van der Waals surface area contributed by atoms with Gasteiger partial charge in [0.15, 0.2) is 11.6 Å². The molecule has 0 heterocycles. The molecule has 0 nitrogen and oxygen atoms in total. The van der Waals surface area contributed by atoms with Crippen molar-refractivity contribution in [3.63, 3.8) is 0 Å².